The number of primary amides is 1. The number of nitrogens with zero attached hydrogens (tertiary/aromatic N) is 4. The lowest BCUT2D eigenvalue weighted by Gasteiger charge is -2.11. The number of amides is 2. The molecule has 0 fully saturated rings. The van der Waals surface area contributed by atoms with Gasteiger partial charge in [0, 0.05) is 45.3 Å². The molecule has 2 amide bonds. The van der Waals surface area contributed by atoms with Crippen LogP contribution < -0.4 is 11.1 Å². The van der Waals surface area contributed by atoms with E-state index in [1.54, 1.807) is 4.40 Å². The number of rotatable bonds is 6. The van der Waals surface area contributed by atoms with E-state index in [-0.39, 0.29) is 18.0 Å². The van der Waals surface area contributed by atoms with Crippen LogP contribution in [0.2, 0.25) is 0 Å². The fourth-order valence-electron chi connectivity index (χ4n) is 4.34. The first-order chi connectivity index (χ1) is 16.3. The van der Waals surface area contributed by atoms with Crippen LogP contribution in [0.4, 0.5) is 5.13 Å². The summed E-state index contributed by atoms with van der Waals surface area (Å²) >= 11 is 1.40. The van der Waals surface area contributed by atoms with E-state index in [4.69, 9.17) is 5.73 Å². The number of hydrogen-bond donors (Lipinski definition) is 3. The Kier molecular flexibility index (Phi) is 5.37. The summed E-state index contributed by atoms with van der Waals surface area (Å²) < 4.78 is 1.73. The number of benzene rings is 1. The molecule has 4 aromatic heterocycles. The summed E-state index contributed by atoms with van der Waals surface area (Å²) in [6.45, 7) is 5.79. The lowest BCUT2D eigenvalue weighted by atomic mass is 10.1. The van der Waals surface area contributed by atoms with Crippen molar-refractivity contribution < 1.29 is 9.59 Å². The zero-order chi connectivity index (χ0) is 24.0. The maximum atomic E-state index is 12.7. The van der Waals surface area contributed by atoms with Crippen LogP contribution in [0.5, 0.6) is 0 Å². The van der Waals surface area contributed by atoms with E-state index >= 15 is 0 Å². The molecule has 1 aromatic carbocycles. The predicted octanol–water partition coefficient (Wildman–Crippen LogP) is 3.93. The van der Waals surface area contributed by atoms with Crippen LogP contribution in [0.25, 0.3) is 27.8 Å². The molecule has 172 valence electrons. The Morgan fingerprint density at radius 2 is 1.97 bits per heavy atom. The minimum atomic E-state index is -0.619. The Balaban J connectivity index is 1.31. The monoisotopic (exact) mass is 473 g/mol. The lowest BCUT2D eigenvalue weighted by molar-refractivity contribution is -0.116. The van der Waals surface area contributed by atoms with Crippen molar-refractivity contribution in [2.45, 2.75) is 33.6 Å². The number of carbonyl (C=O) groups excluding carboxylic acids is 2. The number of thiazole rings is 1. The van der Waals surface area contributed by atoms with Crippen molar-refractivity contribution in [3.05, 3.63) is 64.3 Å². The molecule has 34 heavy (non-hydrogen) atoms. The number of anilines is 1. The summed E-state index contributed by atoms with van der Waals surface area (Å²) in [4.78, 5) is 40.9. The third-order valence-electron chi connectivity index (χ3n) is 5.99. The second kappa shape index (κ2) is 8.38. The number of aromatic amines is 1. The molecule has 0 saturated heterocycles. The van der Waals surface area contributed by atoms with Gasteiger partial charge in [0.05, 0.1) is 5.69 Å². The van der Waals surface area contributed by atoms with E-state index in [2.05, 4.69) is 31.3 Å². The molecule has 0 aliphatic rings. The van der Waals surface area contributed by atoms with Crippen molar-refractivity contribution in [1.82, 2.24) is 24.3 Å². The second-order valence-electron chi connectivity index (χ2n) is 8.17. The van der Waals surface area contributed by atoms with E-state index in [1.165, 1.54) is 17.7 Å². The molecule has 0 spiro atoms. The average molecular weight is 474 g/mol. The number of carbonyl (C=O) groups is 2. The Morgan fingerprint density at radius 1 is 1.18 bits per heavy atom. The molecule has 4 heterocycles. The Labute approximate surface area is 199 Å². The summed E-state index contributed by atoms with van der Waals surface area (Å²) in [6, 6.07) is 8.10. The molecule has 0 atom stereocenters. The summed E-state index contributed by atoms with van der Waals surface area (Å²) in [7, 11) is 0. The van der Waals surface area contributed by atoms with E-state index in [0.29, 0.717) is 17.2 Å². The highest BCUT2D eigenvalue weighted by molar-refractivity contribution is 7.14. The van der Waals surface area contributed by atoms with Gasteiger partial charge in [0.2, 0.25) is 5.91 Å². The molecule has 5 rings (SSSR count). The molecule has 4 N–H and O–H groups in total. The molecule has 0 saturated carbocycles. The maximum Gasteiger partial charge on any atom is 0.271 e. The van der Waals surface area contributed by atoms with E-state index in [1.807, 2.05) is 44.4 Å². The van der Waals surface area contributed by atoms with Gasteiger partial charge in [-0.15, -0.1) is 11.3 Å². The number of nitrogens with two attached hydrogens (primary N) is 1. The molecule has 0 aliphatic carbocycles. The molecule has 0 bridgehead atoms. The van der Waals surface area contributed by atoms with E-state index < -0.39 is 5.91 Å². The molecule has 9 nitrogen and oxygen atoms in total. The van der Waals surface area contributed by atoms with Gasteiger partial charge in [0.15, 0.2) is 16.5 Å². The van der Waals surface area contributed by atoms with Crippen LogP contribution in [0.15, 0.2) is 36.0 Å². The summed E-state index contributed by atoms with van der Waals surface area (Å²) in [5, 5.41) is 6.54. The minimum Gasteiger partial charge on any atom is -0.364 e. The number of fused-ring (bicyclic) bond motifs is 2. The van der Waals surface area contributed by atoms with Crippen molar-refractivity contribution in [2.24, 2.45) is 5.73 Å². The van der Waals surface area contributed by atoms with Gasteiger partial charge in [-0.05, 0) is 38.8 Å². The van der Waals surface area contributed by atoms with Gasteiger partial charge in [-0.3, -0.25) is 14.0 Å². The van der Waals surface area contributed by atoms with Gasteiger partial charge >= 0.3 is 0 Å². The highest BCUT2D eigenvalue weighted by Crippen LogP contribution is 2.34. The number of aryl methyl sites for hydroxylation is 3. The standard InChI is InChI=1S/C24H23N7O2S/c1-12-15(14(3)31-11-26-21(22(25)33)23(31)28-12)8-9-19(32)30-24-29-18(10-34-24)20-13(2)27-17-7-5-4-6-16(17)20/h4-7,10-11,27H,8-9H2,1-3H3,(H2,25,33)(H,29,30,32). The molecule has 5 aromatic rings. The predicted molar refractivity (Wildman–Crippen MR) is 132 cm³/mol. The van der Waals surface area contributed by atoms with E-state index in [0.717, 1.165) is 44.8 Å². The second-order valence-corrected chi connectivity index (χ2v) is 9.03. The van der Waals surface area contributed by atoms with Gasteiger partial charge in [0.1, 0.15) is 6.33 Å². The maximum absolute atomic E-state index is 12.7. The SMILES string of the molecule is Cc1nc2c(C(N)=O)ncn2c(C)c1CCC(=O)Nc1nc(-c2c(C)[nH]c3ccccc23)cs1. The highest BCUT2D eigenvalue weighted by Gasteiger charge is 2.18. The van der Waals surface area contributed by atoms with Crippen LogP contribution in [0.1, 0.15) is 39.6 Å². The smallest absolute Gasteiger partial charge is 0.271 e. The number of nitrogens with one attached hydrogen (secondary N) is 2. The van der Waals surface area contributed by atoms with Gasteiger partial charge in [-0.2, -0.15) is 0 Å². The van der Waals surface area contributed by atoms with Crippen LogP contribution in [0.3, 0.4) is 0 Å². The summed E-state index contributed by atoms with van der Waals surface area (Å²) in [6.07, 6.45) is 2.30. The largest absolute Gasteiger partial charge is 0.364 e. The molecular formula is C24H23N7O2S. The molecule has 10 heteroatoms. The fourth-order valence-corrected chi connectivity index (χ4v) is 5.05. The third kappa shape index (κ3) is 3.71. The number of imidazole rings is 1. The average Bonchev–Trinajstić information content (AvgIpc) is 3.49. The van der Waals surface area contributed by atoms with E-state index in [9.17, 15) is 9.59 Å². The van der Waals surface area contributed by atoms with Gasteiger partial charge in [0.25, 0.3) is 5.91 Å². The van der Waals surface area contributed by atoms with Gasteiger partial charge in [-0.25, -0.2) is 15.0 Å². The molecule has 0 radical (unpaired) electrons. The van der Waals surface area contributed by atoms with Crippen LogP contribution in [-0.4, -0.2) is 36.2 Å². The Hall–Kier alpha value is -4.05. The quantitative estimate of drug-likeness (QED) is 0.344. The van der Waals surface area contributed by atoms with Crippen molar-refractivity contribution in [2.75, 3.05) is 5.32 Å². The Bertz CT molecular complexity index is 1580. The number of para-hydroxylation sites is 1. The number of hydrogen-bond acceptors (Lipinski definition) is 6. The molecule has 0 aliphatic heterocycles. The minimum absolute atomic E-state index is 0.126. The first-order valence-corrected chi connectivity index (χ1v) is 11.7. The Morgan fingerprint density at radius 3 is 2.76 bits per heavy atom. The van der Waals surface area contributed by atoms with Crippen molar-refractivity contribution in [3.8, 4) is 11.3 Å². The van der Waals surface area contributed by atoms with Crippen molar-refractivity contribution in [3.63, 3.8) is 0 Å². The number of H-pyrrole nitrogens is 1. The van der Waals surface area contributed by atoms with Crippen LogP contribution in [-0.2, 0) is 11.2 Å². The molecule has 0 unspecified atom stereocenters. The van der Waals surface area contributed by atoms with Gasteiger partial charge in [-0.1, -0.05) is 18.2 Å². The fraction of sp³-hybridized carbons (Fsp3) is 0.208. The first-order valence-electron chi connectivity index (χ1n) is 10.8. The summed E-state index contributed by atoms with van der Waals surface area (Å²) in [5.74, 6) is -0.745. The topological polar surface area (TPSA) is 131 Å². The highest BCUT2D eigenvalue weighted by atomic mass is 32.1. The lowest BCUT2D eigenvalue weighted by Crippen LogP contribution is -2.15. The molecular weight excluding hydrogens is 450 g/mol. The zero-order valence-electron chi connectivity index (χ0n) is 19.0. The third-order valence-corrected chi connectivity index (χ3v) is 6.74. The summed E-state index contributed by atoms with van der Waals surface area (Å²) in [5.41, 5.74) is 12.5. The van der Waals surface area contributed by atoms with Gasteiger partial charge < -0.3 is 16.0 Å². The van der Waals surface area contributed by atoms with Crippen molar-refractivity contribution >= 4 is 44.8 Å². The zero-order valence-corrected chi connectivity index (χ0v) is 19.8. The van der Waals surface area contributed by atoms with Crippen LogP contribution in [0, 0.1) is 20.8 Å². The first kappa shape index (κ1) is 21.8. The van der Waals surface area contributed by atoms with Crippen LogP contribution >= 0.6 is 11.3 Å². The normalized spacial score (nSPS) is 11.4. The number of aromatic nitrogens is 5. The van der Waals surface area contributed by atoms with Crippen molar-refractivity contribution in [1.29, 1.82) is 0 Å².